The highest BCUT2D eigenvalue weighted by Crippen LogP contribution is 2.29. The minimum Gasteiger partial charge on any atom is -0.493 e. The molecule has 3 aromatic heterocycles. The van der Waals surface area contributed by atoms with Crippen LogP contribution in [0.2, 0.25) is 0 Å². The van der Waals surface area contributed by atoms with Gasteiger partial charge in [0.1, 0.15) is 11.3 Å². The van der Waals surface area contributed by atoms with Crippen LogP contribution in [0.5, 0.6) is 11.6 Å². The predicted molar refractivity (Wildman–Crippen MR) is 147 cm³/mol. The molecule has 0 radical (unpaired) electrons. The van der Waals surface area contributed by atoms with Crippen LogP contribution in [0.3, 0.4) is 0 Å². The molecule has 2 N–H and O–H groups in total. The smallest absolute Gasteiger partial charge is 0.257 e. The van der Waals surface area contributed by atoms with Gasteiger partial charge in [-0.25, -0.2) is 14.5 Å². The molecule has 0 bridgehead atoms. The molecule has 1 aliphatic rings. The molecule has 0 aliphatic heterocycles. The first kappa shape index (κ1) is 26.1. The van der Waals surface area contributed by atoms with Crippen LogP contribution in [-0.4, -0.2) is 45.1 Å². The molecule has 1 aliphatic carbocycles. The number of hydrogen-bond acceptors (Lipinski definition) is 7. The highest BCUT2D eigenvalue weighted by molar-refractivity contribution is 5.97. The van der Waals surface area contributed by atoms with Crippen molar-refractivity contribution in [3.8, 4) is 22.9 Å². The molecule has 2 amide bonds. The zero-order valence-corrected chi connectivity index (χ0v) is 22.4. The number of benzene rings is 1. The highest BCUT2D eigenvalue weighted by Gasteiger charge is 2.20. The third-order valence-corrected chi connectivity index (χ3v) is 6.88. The van der Waals surface area contributed by atoms with Crippen LogP contribution in [0.25, 0.3) is 16.9 Å². The Bertz CT molecular complexity index is 1510. The monoisotopic (exact) mass is 528 g/mol. The van der Waals surface area contributed by atoms with E-state index in [1.54, 1.807) is 28.9 Å². The second-order valence-corrected chi connectivity index (χ2v) is 9.76. The van der Waals surface area contributed by atoms with E-state index in [4.69, 9.17) is 9.47 Å². The van der Waals surface area contributed by atoms with Gasteiger partial charge < -0.3 is 20.1 Å². The van der Waals surface area contributed by atoms with E-state index in [0.717, 1.165) is 11.3 Å². The van der Waals surface area contributed by atoms with E-state index in [1.165, 1.54) is 39.7 Å². The first-order chi connectivity index (χ1) is 18.9. The minimum atomic E-state index is -0.317. The van der Waals surface area contributed by atoms with E-state index in [2.05, 4.69) is 25.7 Å². The van der Waals surface area contributed by atoms with Gasteiger partial charge in [-0.15, -0.1) is 0 Å². The maximum absolute atomic E-state index is 13.3. The van der Waals surface area contributed by atoms with Gasteiger partial charge in [-0.3, -0.25) is 9.59 Å². The number of aromatic nitrogens is 4. The van der Waals surface area contributed by atoms with Crippen LogP contribution in [0.4, 0.5) is 5.82 Å². The van der Waals surface area contributed by atoms with Gasteiger partial charge in [0.25, 0.3) is 5.91 Å². The summed E-state index contributed by atoms with van der Waals surface area (Å²) in [5, 5.41) is 10.3. The number of carbonyl (C=O) groups excluding carboxylic acids is 2. The SMILES string of the molecule is COc1nc(C)c(-c2ccc3nc(NC(C)=O)cn3n2)cc1C(=O)NCc1ccccc1OCC1CCCC1. The molecular weight excluding hydrogens is 496 g/mol. The average molecular weight is 529 g/mol. The number of imidazole rings is 1. The van der Waals surface area contributed by atoms with Crippen molar-refractivity contribution in [3.05, 3.63) is 65.5 Å². The number of methoxy groups -OCH3 is 1. The Morgan fingerprint density at radius 1 is 1.10 bits per heavy atom. The number of aryl methyl sites for hydroxylation is 1. The van der Waals surface area contributed by atoms with E-state index in [9.17, 15) is 9.59 Å². The number of nitrogens with zero attached hydrogens (tertiary/aromatic N) is 4. The maximum Gasteiger partial charge on any atom is 0.257 e. The van der Waals surface area contributed by atoms with Gasteiger partial charge in [0.05, 0.1) is 31.3 Å². The lowest BCUT2D eigenvalue weighted by molar-refractivity contribution is -0.114. The largest absolute Gasteiger partial charge is 0.493 e. The van der Waals surface area contributed by atoms with Crippen molar-refractivity contribution in [2.24, 2.45) is 5.92 Å². The summed E-state index contributed by atoms with van der Waals surface area (Å²) >= 11 is 0. The third-order valence-electron chi connectivity index (χ3n) is 6.88. The lowest BCUT2D eigenvalue weighted by Crippen LogP contribution is -2.24. The molecule has 4 aromatic rings. The number of hydrogen-bond donors (Lipinski definition) is 2. The van der Waals surface area contributed by atoms with Crippen LogP contribution in [0.1, 0.15) is 54.2 Å². The Balaban J connectivity index is 1.36. The van der Waals surface area contributed by atoms with Gasteiger partial charge in [-0.1, -0.05) is 31.0 Å². The molecular formula is C29H32N6O4. The summed E-state index contributed by atoms with van der Waals surface area (Å²) in [6, 6.07) is 13.1. The molecule has 0 atom stereocenters. The van der Waals surface area contributed by atoms with Crippen molar-refractivity contribution >= 4 is 23.3 Å². The predicted octanol–water partition coefficient (Wildman–Crippen LogP) is 4.57. The van der Waals surface area contributed by atoms with Crippen LogP contribution in [0, 0.1) is 12.8 Å². The van der Waals surface area contributed by atoms with Crippen LogP contribution in [0.15, 0.2) is 48.7 Å². The molecule has 39 heavy (non-hydrogen) atoms. The molecule has 0 spiro atoms. The van der Waals surface area contributed by atoms with Gasteiger partial charge in [0.2, 0.25) is 11.8 Å². The number of rotatable bonds is 9. The lowest BCUT2D eigenvalue weighted by atomic mass is 10.1. The zero-order chi connectivity index (χ0) is 27.4. The summed E-state index contributed by atoms with van der Waals surface area (Å²) in [7, 11) is 1.49. The normalized spacial score (nSPS) is 13.4. The standard InChI is InChI=1S/C29H32N6O4/c1-18-22(24-12-13-27-33-26(32-19(2)36)16-35(27)34-24)14-23(29(31-18)38-3)28(37)30-15-21-10-6-7-11-25(21)39-17-20-8-4-5-9-20/h6-7,10-14,16,20H,4-5,8-9,15,17H2,1-3H3,(H,30,37)(H,32,36). The topological polar surface area (TPSA) is 120 Å². The van der Waals surface area contributed by atoms with Gasteiger partial charge in [-0.2, -0.15) is 5.10 Å². The third kappa shape index (κ3) is 6.00. The second-order valence-electron chi connectivity index (χ2n) is 9.76. The van der Waals surface area contributed by atoms with Crippen molar-refractivity contribution in [1.29, 1.82) is 0 Å². The molecule has 10 heteroatoms. The Labute approximate surface area is 226 Å². The molecule has 0 saturated heterocycles. The summed E-state index contributed by atoms with van der Waals surface area (Å²) in [5.41, 5.74) is 3.72. The molecule has 5 rings (SSSR count). The maximum atomic E-state index is 13.3. The molecule has 0 unspecified atom stereocenters. The van der Waals surface area contributed by atoms with Gasteiger partial charge in [-0.05, 0) is 49.9 Å². The first-order valence-corrected chi connectivity index (χ1v) is 13.1. The van der Waals surface area contributed by atoms with Crippen molar-refractivity contribution < 1.29 is 19.1 Å². The summed E-state index contributed by atoms with van der Waals surface area (Å²) < 4.78 is 13.2. The minimum absolute atomic E-state index is 0.215. The number of anilines is 1. The number of amides is 2. The van der Waals surface area contributed by atoms with Crippen molar-refractivity contribution in [2.75, 3.05) is 19.0 Å². The zero-order valence-electron chi connectivity index (χ0n) is 22.4. The van der Waals surface area contributed by atoms with E-state index in [1.807, 2.05) is 31.2 Å². The first-order valence-electron chi connectivity index (χ1n) is 13.1. The summed E-state index contributed by atoms with van der Waals surface area (Å²) in [6.07, 6.45) is 6.58. The number of nitrogens with one attached hydrogen (secondary N) is 2. The quantitative estimate of drug-likeness (QED) is 0.327. The van der Waals surface area contributed by atoms with Crippen molar-refractivity contribution in [1.82, 2.24) is 24.9 Å². The fraction of sp³-hybridized carbons (Fsp3) is 0.345. The lowest BCUT2D eigenvalue weighted by Gasteiger charge is -2.16. The fourth-order valence-corrected chi connectivity index (χ4v) is 4.87. The Kier molecular flexibility index (Phi) is 7.72. The fourth-order valence-electron chi connectivity index (χ4n) is 4.87. The average Bonchev–Trinajstić information content (AvgIpc) is 3.59. The van der Waals surface area contributed by atoms with Gasteiger partial charge in [0.15, 0.2) is 11.5 Å². The van der Waals surface area contributed by atoms with E-state index in [0.29, 0.717) is 53.0 Å². The van der Waals surface area contributed by atoms with Crippen molar-refractivity contribution in [2.45, 2.75) is 46.1 Å². The number of pyridine rings is 1. The van der Waals surface area contributed by atoms with Crippen molar-refractivity contribution in [3.63, 3.8) is 0 Å². The van der Waals surface area contributed by atoms with E-state index < -0.39 is 0 Å². The number of fused-ring (bicyclic) bond motifs is 1. The molecule has 202 valence electrons. The molecule has 1 fully saturated rings. The Hall–Kier alpha value is -4.47. The Morgan fingerprint density at radius 2 is 1.90 bits per heavy atom. The van der Waals surface area contributed by atoms with E-state index >= 15 is 0 Å². The number of ether oxygens (including phenoxy) is 2. The summed E-state index contributed by atoms with van der Waals surface area (Å²) in [6.45, 7) is 4.26. The molecule has 3 heterocycles. The Morgan fingerprint density at radius 3 is 2.67 bits per heavy atom. The van der Waals surface area contributed by atoms with E-state index in [-0.39, 0.29) is 17.7 Å². The van der Waals surface area contributed by atoms with Crippen LogP contribution >= 0.6 is 0 Å². The summed E-state index contributed by atoms with van der Waals surface area (Å²) in [5.74, 6) is 1.49. The molecule has 10 nitrogen and oxygen atoms in total. The molecule has 1 aromatic carbocycles. The van der Waals surface area contributed by atoms with Crippen LogP contribution < -0.4 is 20.1 Å². The van der Waals surface area contributed by atoms with Gasteiger partial charge >= 0.3 is 0 Å². The van der Waals surface area contributed by atoms with Crippen LogP contribution in [-0.2, 0) is 11.3 Å². The van der Waals surface area contributed by atoms with Gasteiger partial charge in [0, 0.05) is 24.6 Å². The molecule has 1 saturated carbocycles. The number of carbonyl (C=O) groups is 2. The second kappa shape index (κ2) is 11.5. The highest BCUT2D eigenvalue weighted by atomic mass is 16.5. The number of para-hydroxylation sites is 1. The summed E-state index contributed by atoms with van der Waals surface area (Å²) in [4.78, 5) is 33.6.